The monoisotopic (exact) mass is 396 g/mol. The van der Waals surface area contributed by atoms with Gasteiger partial charge in [0.25, 0.3) is 0 Å². The second-order valence-corrected chi connectivity index (χ2v) is 8.71. The zero-order valence-electron chi connectivity index (χ0n) is 18.6. The highest BCUT2D eigenvalue weighted by Crippen LogP contribution is 2.34. The smallest absolute Gasteiger partial charge is 0.0249 e. The van der Waals surface area contributed by atoms with Crippen molar-refractivity contribution in [1.29, 1.82) is 0 Å². The molecule has 0 bridgehead atoms. The van der Waals surface area contributed by atoms with E-state index in [1.54, 1.807) is 0 Å². The van der Waals surface area contributed by atoms with Gasteiger partial charge in [0.1, 0.15) is 0 Å². The lowest BCUT2D eigenvalue weighted by atomic mass is 9.78. The fourth-order valence-corrected chi connectivity index (χ4v) is 4.47. The van der Waals surface area contributed by atoms with Crippen LogP contribution in [0.25, 0.3) is 0 Å². The Labute approximate surface area is 184 Å². The fraction of sp³-hybridized carbons (Fsp3) is 0.400. The zero-order chi connectivity index (χ0) is 21.0. The average molecular weight is 397 g/mol. The number of benzene rings is 2. The van der Waals surface area contributed by atoms with E-state index < -0.39 is 0 Å². The quantitative estimate of drug-likeness (QED) is 0.314. The van der Waals surface area contributed by atoms with E-state index in [0.717, 1.165) is 29.4 Å². The standard InChI is InChI=1S/C30H36/c1-3-5-6-8-26-11-15-28(16-12-26)18-20-30-23-21-29(22-24-30)19-17-27-13-9-25(7-4-2)10-14-27/h3-5,9-10,13-14,21-24,26,28H,2,6-8,11-12,15-16,18,20H2,1H3/b5-3+. The summed E-state index contributed by atoms with van der Waals surface area (Å²) in [5.41, 5.74) is 4.88. The van der Waals surface area contributed by atoms with Crippen LogP contribution in [-0.2, 0) is 12.8 Å². The summed E-state index contributed by atoms with van der Waals surface area (Å²) >= 11 is 0. The molecule has 1 fully saturated rings. The van der Waals surface area contributed by atoms with Crippen molar-refractivity contribution >= 4 is 0 Å². The lowest BCUT2D eigenvalue weighted by Gasteiger charge is -2.28. The number of aryl methyl sites for hydroxylation is 1. The molecule has 0 nitrogen and oxygen atoms in total. The van der Waals surface area contributed by atoms with Crippen molar-refractivity contribution in [2.24, 2.45) is 11.8 Å². The van der Waals surface area contributed by atoms with Gasteiger partial charge in [0, 0.05) is 11.1 Å². The van der Waals surface area contributed by atoms with Crippen molar-refractivity contribution in [2.75, 3.05) is 0 Å². The Hall–Kier alpha value is -2.52. The van der Waals surface area contributed by atoms with Crippen LogP contribution in [0.4, 0.5) is 0 Å². The Morgan fingerprint density at radius 1 is 0.800 bits per heavy atom. The summed E-state index contributed by atoms with van der Waals surface area (Å²) in [5, 5.41) is 0. The second kappa shape index (κ2) is 12.2. The molecule has 2 aromatic carbocycles. The second-order valence-electron chi connectivity index (χ2n) is 8.71. The van der Waals surface area contributed by atoms with E-state index in [0.29, 0.717) is 0 Å². The molecule has 0 N–H and O–H groups in total. The number of rotatable bonds is 8. The van der Waals surface area contributed by atoms with Crippen molar-refractivity contribution in [2.45, 2.75) is 64.7 Å². The number of hydrogen-bond donors (Lipinski definition) is 0. The van der Waals surface area contributed by atoms with Gasteiger partial charge in [0.15, 0.2) is 0 Å². The molecule has 156 valence electrons. The van der Waals surface area contributed by atoms with Gasteiger partial charge in [-0.15, -0.1) is 6.58 Å². The Kier molecular flexibility index (Phi) is 9.04. The summed E-state index contributed by atoms with van der Waals surface area (Å²) in [4.78, 5) is 0. The molecule has 0 atom stereocenters. The summed E-state index contributed by atoms with van der Waals surface area (Å²) in [5.74, 6) is 8.46. The van der Waals surface area contributed by atoms with Gasteiger partial charge in [-0.3, -0.25) is 0 Å². The van der Waals surface area contributed by atoms with Crippen molar-refractivity contribution in [3.63, 3.8) is 0 Å². The third-order valence-electron chi connectivity index (χ3n) is 6.42. The summed E-state index contributed by atoms with van der Waals surface area (Å²) < 4.78 is 0. The Balaban J connectivity index is 1.42. The lowest BCUT2D eigenvalue weighted by molar-refractivity contribution is 0.254. The molecular weight excluding hydrogens is 360 g/mol. The van der Waals surface area contributed by atoms with Gasteiger partial charge in [0.05, 0.1) is 0 Å². The largest absolute Gasteiger partial charge is 0.103 e. The molecule has 30 heavy (non-hydrogen) atoms. The SMILES string of the molecule is C=CCc1ccc(C#Cc2ccc(CCC3CCC(CC/C=C/C)CC3)cc2)cc1. The average Bonchev–Trinajstić information content (AvgIpc) is 2.79. The maximum absolute atomic E-state index is 3.79. The summed E-state index contributed by atoms with van der Waals surface area (Å²) in [6.45, 7) is 5.91. The van der Waals surface area contributed by atoms with Crippen LogP contribution < -0.4 is 0 Å². The summed E-state index contributed by atoms with van der Waals surface area (Å²) in [6, 6.07) is 17.3. The van der Waals surface area contributed by atoms with Gasteiger partial charge in [-0.05, 0) is 86.3 Å². The third kappa shape index (κ3) is 7.38. The molecule has 0 heterocycles. The molecule has 0 saturated heterocycles. The molecule has 0 unspecified atom stereocenters. The third-order valence-corrected chi connectivity index (χ3v) is 6.42. The van der Waals surface area contributed by atoms with Crippen molar-refractivity contribution < 1.29 is 0 Å². The highest BCUT2D eigenvalue weighted by molar-refractivity contribution is 5.44. The first-order chi connectivity index (χ1) is 14.8. The molecule has 0 spiro atoms. The van der Waals surface area contributed by atoms with Crippen LogP contribution in [0, 0.1) is 23.7 Å². The highest BCUT2D eigenvalue weighted by Gasteiger charge is 2.20. The zero-order valence-corrected chi connectivity index (χ0v) is 18.6. The van der Waals surface area contributed by atoms with Gasteiger partial charge >= 0.3 is 0 Å². The van der Waals surface area contributed by atoms with Crippen LogP contribution in [0.5, 0.6) is 0 Å². The van der Waals surface area contributed by atoms with Gasteiger partial charge in [-0.2, -0.15) is 0 Å². The molecule has 0 amide bonds. The lowest BCUT2D eigenvalue weighted by Crippen LogP contribution is -2.15. The summed E-state index contributed by atoms with van der Waals surface area (Å²) in [7, 11) is 0. The van der Waals surface area contributed by atoms with E-state index in [1.807, 2.05) is 6.08 Å². The molecular formula is C30H36. The van der Waals surface area contributed by atoms with Gasteiger partial charge < -0.3 is 0 Å². The maximum Gasteiger partial charge on any atom is 0.0249 e. The molecule has 1 aliphatic rings. The van der Waals surface area contributed by atoms with Crippen LogP contribution in [0.2, 0.25) is 0 Å². The first-order valence-corrected chi connectivity index (χ1v) is 11.7. The molecule has 1 saturated carbocycles. The van der Waals surface area contributed by atoms with Crippen LogP contribution >= 0.6 is 0 Å². The normalized spacial score (nSPS) is 18.7. The molecule has 0 heteroatoms. The van der Waals surface area contributed by atoms with Gasteiger partial charge in [-0.25, -0.2) is 0 Å². The predicted octanol–water partition coefficient (Wildman–Crippen LogP) is 7.91. The summed E-state index contributed by atoms with van der Waals surface area (Å²) in [6.07, 6.45) is 18.3. The van der Waals surface area contributed by atoms with E-state index in [2.05, 4.69) is 86.0 Å². The van der Waals surface area contributed by atoms with E-state index in [9.17, 15) is 0 Å². The first-order valence-electron chi connectivity index (χ1n) is 11.7. The fourth-order valence-electron chi connectivity index (χ4n) is 4.47. The highest BCUT2D eigenvalue weighted by atomic mass is 14.3. The van der Waals surface area contributed by atoms with Crippen LogP contribution in [0.1, 0.15) is 74.1 Å². The molecule has 0 aliphatic heterocycles. The minimum absolute atomic E-state index is 0.910. The van der Waals surface area contributed by atoms with Crippen LogP contribution in [0.3, 0.4) is 0 Å². The Bertz CT molecular complexity index is 847. The topological polar surface area (TPSA) is 0 Å². The number of hydrogen-bond acceptors (Lipinski definition) is 0. The predicted molar refractivity (Wildman–Crippen MR) is 131 cm³/mol. The van der Waals surface area contributed by atoms with Crippen molar-refractivity contribution in [3.05, 3.63) is 95.6 Å². The first kappa shape index (κ1) is 22.2. The van der Waals surface area contributed by atoms with E-state index in [-0.39, 0.29) is 0 Å². The number of allylic oxidation sites excluding steroid dienone is 3. The minimum atomic E-state index is 0.910. The van der Waals surface area contributed by atoms with Crippen LogP contribution in [-0.4, -0.2) is 0 Å². The van der Waals surface area contributed by atoms with Crippen molar-refractivity contribution in [1.82, 2.24) is 0 Å². The van der Waals surface area contributed by atoms with E-state index >= 15 is 0 Å². The van der Waals surface area contributed by atoms with E-state index in [4.69, 9.17) is 0 Å². The molecule has 3 rings (SSSR count). The van der Waals surface area contributed by atoms with Crippen molar-refractivity contribution in [3.8, 4) is 11.8 Å². The molecule has 1 aliphatic carbocycles. The molecule has 2 aromatic rings. The maximum atomic E-state index is 3.79. The minimum Gasteiger partial charge on any atom is -0.103 e. The van der Waals surface area contributed by atoms with Gasteiger partial charge in [-0.1, -0.05) is 80.0 Å². The Morgan fingerprint density at radius 3 is 1.87 bits per heavy atom. The molecule has 0 aromatic heterocycles. The van der Waals surface area contributed by atoms with Crippen LogP contribution in [0.15, 0.2) is 73.3 Å². The molecule has 0 radical (unpaired) electrons. The Morgan fingerprint density at radius 2 is 1.33 bits per heavy atom. The van der Waals surface area contributed by atoms with E-state index in [1.165, 1.54) is 62.5 Å². The van der Waals surface area contributed by atoms with Gasteiger partial charge in [0.2, 0.25) is 0 Å².